The Morgan fingerprint density at radius 1 is 1.06 bits per heavy atom. The van der Waals surface area contributed by atoms with E-state index in [0.29, 0.717) is 32.3 Å². The second-order valence-electron chi connectivity index (χ2n) is 8.75. The summed E-state index contributed by atoms with van der Waals surface area (Å²) in [6.45, 7) is 9.36. The first kappa shape index (κ1) is 23.7. The van der Waals surface area contributed by atoms with Crippen LogP contribution in [0.4, 0.5) is 0 Å². The van der Waals surface area contributed by atoms with E-state index in [1.807, 2.05) is 43.6 Å². The van der Waals surface area contributed by atoms with Crippen LogP contribution in [0.2, 0.25) is 0 Å². The lowest BCUT2D eigenvalue weighted by molar-refractivity contribution is -0.156. The van der Waals surface area contributed by atoms with Gasteiger partial charge in [-0.05, 0) is 61.1 Å². The number of nitrogens with zero attached hydrogens (tertiary/aromatic N) is 2. The van der Waals surface area contributed by atoms with E-state index in [4.69, 9.17) is 14.2 Å². The van der Waals surface area contributed by atoms with Crippen molar-refractivity contribution in [1.82, 2.24) is 15.2 Å². The molecule has 2 heterocycles. The van der Waals surface area contributed by atoms with Crippen molar-refractivity contribution in [2.24, 2.45) is 11.8 Å². The van der Waals surface area contributed by atoms with Gasteiger partial charge in [-0.3, -0.25) is 9.88 Å². The van der Waals surface area contributed by atoms with Crippen LogP contribution in [0, 0.1) is 11.8 Å². The number of ether oxygens (including phenoxy) is 3. The Hall–Kier alpha value is -2.48. The first-order chi connectivity index (χ1) is 16.2. The number of pyridine rings is 1. The summed E-state index contributed by atoms with van der Waals surface area (Å²) in [6, 6.07) is 12.7. The van der Waals surface area contributed by atoms with Crippen LogP contribution in [0.15, 0.2) is 48.8 Å². The minimum Gasteiger partial charge on any atom is -0.492 e. The fraction of sp³-hybridized carbons (Fsp3) is 0.538. The maximum Gasteiger partial charge on any atom is 0.335 e. The molecule has 2 aromatic rings. The van der Waals surface area contributed by atoms with Crippen molar-refractivity contribution >= 4 is 5.97 Å². The normalized spacial score (nSPS) is 22.5. The van der Waals surface area contributed by atoms with Gasteiger partial charge in [-0.15, -0.1) is 0 Å². The Labute approximate surface area is 196 Å². The molecule has 0 bridgehead atoms. The third-order valence-electron chi connectivity index (χ3n) is 6.44. The standard InChI is InChI=1S/C26H35N3O4/c1-3-31-24(26(30)32-4-2)15-19-5-7-21(8-6-19)33-14-13-28-25-22-17-29(18-23(22)25)16-20-9-11-27-12-10-20/h5-12,22-25,28H,3-4,13-18H2,1-2H3/t22-,23+,24-,25?/m0/s1. The van der Waals surface area contributed by atoms with Gasteiger partial charge in [0.15, 0.2) is 6.10 Å². The van der Waals surface area contributed by atoms with Crippen LogP contribution in [0.5, 0.6) is 5.75 Å². The van der Waals surface area contributed by atoms with Crippen LogP contribution < -0.4 is 10.1 Å². The van der Waals surface area contributed by atoms with Crippen LogP contribution in [0.25, 0.3) is 0 Å². The van der Waals surface area contributed by atoms with Crippen molar-refractivity contribution in [2.75, 3.05) is 39.5 Å². The number of piperidine rings is 1. The molecule has 4 rings (SSSR count). The van der Waals surface area contributed by atoms with E-state index in [0.717, 1.165) is 36.2 Å². The number of esters is 1. The molecule has 7 heteroatoms. The highest BCUT2D eigenvalue weighted by atomic mass is 16.6. The molecule has 1 saturated heterocycles. The van der Waals surface area contributed by atoms with Gasteiger partial charge in [0.1, 0.15) is 12.4 Å². The minimum absolute atomic E-state index is 0.309. The Morgan fingerprint density at radius 3 is 2.45 bits per heavy atom. The van der Waals surface area contributed by atoms with Gasteiger partial charge in [-0.2, -0.15) is 0 Å². The molecule has 4 atom stereocenters. The predicted molar refractivity (Wildman–Crippen MR) is 126 cm³/mol. The number of fused-ring (bicyclic) bond motifs is 1. The van der Waals surface area contributed by atoms with Crippen LogP contribution in [-0.2, 0) is 27.2 Å². The van der Waals surface area contributed by atoms with Crippen LogP contribution in [-0.4, -0.2) is 67.5 Å². The SMILES string of the molecule is CCOC(=O)[C@H](Cc1ccc(OCCNC2[C@H]3CN(Cc4ccncc4)C[C@@H]23)cc1)OCC. The third-order valence-corrected chi connectivity index (χ3v) is 6.44. The summed E-state index contributed by atoms with van der Waals surface area (Å²) in [5.74, 6) is 2.06. The summed E-state index contributed by atoms with van der Waals surface area (Å²) in [5, 5.41) is 3.66. The van der Waals surface area contributed by atoms with Crippen molar-refractivity contribution in [3.63, 3.8) is 0 Å². The molecule has 1 aromatic heterocycles. The zero-order valence-electron chi connectivity index (χ0n) is 19.6. The number of likely N-dealkylation sites (tertiary alicyclic amines) is 1. The second kappa shape index (κ2) is 11.6. The van der Waals surface area contributed by atoms with Crippen LogP contribution >= 0.6 is 0 Å². The first-order valence-corrected chi connectivity index (χ1v) is 12.0. The summed E-state index contributed by atoms with van der Waals surface area (Å²) < 4.78 is 16.5. The van der Waals surface area contributed by atoms with Crippen molar-refractivity contribution in [1.29, 1.82) is 0 Å². The lowest BCUT2D eigenvalue weighted by Gasteiger charge is -2.19. The fourth-order valence-electron chi connectivity index (χ4n) is 4.77. The average Bonchev–Trinajstić information content (AvgIpc) is 3.28. The number of carbonyl (C=O) groups excluding carboxylic acids is 1. The molecule has 1 aliphatic heterocycles. The molecule has 0 amide bonds. The van der Waals surface area contributed by atoms with E-state index < -0.39 is 6.10 Å². The summed E-state index contributed by atoms with van der Waals surface area (Å²) in [5.41, 5.74) is 2.36. The van der Waals surface area contributed by atoms with E-state index in [-0.39, 0.29) is 5.97 Å². The van der Waals surface area contributed by atoms with E-state index in [2.05, 4.69) is 27.3 Å². The van der Waals surface area contributed by atoms with Crippen molar-refractivity contribution in [2.45, 2.75) is 39.0 Å². The highest BCUT2D eigenvalue weighted by molar-refractivity contribution is 5.75. The molecule has 33 heavy (non-hydrogen) atoms. The monoisotopic (exact) mass is 453 g/mol. The average molecular weight is 454 g/mol. The van der Waals surface area contributed by atoms with Gasteiger partial charge in [0.05, 0.1) is 6.61 Å². The number of nitrogens with one attached hydrogen (secondary N) is 1. The topological polar surface area (TPSA) is 72.9 Å². The van der Waals surface area contributed by atoms with Crippen LogP contribution in [0.3, 0.4) is 0 Å². The van der Waals surface area contributed by atoms with E-state index in [1.54, 1.807) is 6.92 Å². The molecule has 0 radical (unpaired) electrons. The van der Waals surface area contributed by atoms with E-state index in [1.165, 1.54) is 18.7 Å². The smallest absolute Gasteiger partial charge is 0.335 e. The van der Waals surface area contributed by atoms with Gasteiger partial charge in [0.2, 0.25) is 0 Å². The Bertz CT molecular complexity index is 865. The van der Waals surface area contributed by atoms with Gasteiger partial charge in [-0.1, -0.05) is 12.1 Å². The lowest BCUT2D eigenvalue weighted by Crippen LogP contribution is -2.33. The third kappa shape index (κ3) is 6.53. The largest absolute Gasteiger partial charge is 0.492 e. The molecule has 1 unspecified atom stereocenters. The molecular formula is C26H35N3O4. The van der Waals surface area contributed by atoms with Crippen molar-refractivity contribution < 1.29 is 19.0 Å². The van der Waals surface area contributed by atoms with Gasteiger partial charge in [0, 0.05) is 57.6 Å². The molecule has 1 aliphatic carbocycles. The minimum atomic E-state index is -0.565. The molecular weight excluding hydrogens is 418 g/mol. The van der Waals surface area contributed by atoms with Crippen molar-refractivity contribution in [3.05, 3.63) is 59.9 Å². The van der Waals surface area contributed by atoms with Gasteiger partial charge in [-0.25, -0.2) is 4.79 Å². The summed E-state index contributed by atoms with van der Waals surface area (Å²) >= 11 is 0. The Balaban J connectivity index is 1.12. The molecule has 1 N–H and O–H groups in total. The second-order valence-corrected chi connectivity index (χ2v) is 8.75. The van der Waals surface area contributed by atoms with Gasteiger partial charge >= 0.3 is 5.97 Å². The highest BCUT2D eigenvalue weighted by Crippen LogP contribution is 2.45. The molecule has 1 saturated carbocycles. The number of aromatic nitrogens is 1. The van der Waals surface area contributed by atoms with E-state index in [9.17, 15) is 4.79 Å². The van der Waals surface area contributed by atoms with Crippen molar-refractivity contribution in [3.8, 4) is 5.75 Å². The zero-order valence-corrected chi connectivity index (χ0v) is 19.6. The van der Waals surface area contributed by atoms with Gasteiger partial charge in [0.25, 0.3) is 0 Å². The molecule has 0 spiro atoms. The number of rotatable bonds is 13. The fourth-order valence-corrected chi connectivity index (χ4v) is 4.77. The Kier molecular flexibility index (Phi) is 8.31. The summed E-state index contributed by atoms with van der Waals surface area (Å²) in [4.78, 5) is 18.7. The number of hydrogen-bond donors (Lipinski definition) is 1. The molecule has 1 aromatic carbocycles. The maximum absolute atomic E-state index is 12.0. The molecule has 7 nitrogen and oxygen atoms in total. The zero-order chi connectivity index (χ0) is 23.0. The van der Waals surface area contributed by atoms with E-state index >= 15 is 0 Å². The molecule has 2 fully saturated rings. The lowest BCUT2D eigenvalue weighted by atomic mass is 10.1. The summed E-state index contributed by atoms with van der Waals surface area (Å²) in [7, 11) is 0. The molecule has 2 aliphatic rings. The maximum atomic E-state index is 12.0. The Morgan fingerprint density at radius 2 is 1.79 bits per heavy atom. The number of carbonyl (C=O) groups is 1. The first-order valence-electron chi connectivity index (χ1n) is 12.0. The number of benzene rings is 1. The number of hydrogen-bond acceptors (Lipinski definition) is 7. The summed E-state index contributed by atoms with van der Waals surface area (Å²) in [6.07, 6.45) is 3.66. The van der Waals surface area contributed by atoms with Crippen LogP contribution in [0.1, 0.15) is 25.0 Å². The quantitative estimate of drug-likeness (QED) is 0.369. The van der Waals surface area contributed by atoms with Gasteiger partial charge < -0.3 is 19.5 Å². The predicted octanol–water partition coefficient (Wildman–Crippen LogP) is 2.69. The highest BCUT2D eigenvalue weighted by Gasteiger charge is 2.55. The molecule has 178 valence electrons.